The molecule has 1 heterocycles. The first kappa shape index (κ1) is 35.1. The quantitative estimate of drug-likeness (QED) is 0.0891. The molecule has 246 valence electrons. The number of phenols is 1. The molecule has 0 aliphatic carbocycles. The molecule has 0 spiro atoms. The number of hydrogen-bond donors (Lipinski definition) is 2. The predicted molar refractivity (Wildman–Crippen MR) is 186 cm³/mol. The first-order valence-electron chi connectivity index (χ1n) is 17.2. The Morgan fingerprint density at radius 2 is 1.17 bits per heavy atom. The number of aliphatic hydroxyl groups is 1. The molecular weight excluding hydrogens is 574 g/mol. The highest BCUT2D eigenvalue weighted by Gasteiger charge is 2.19. The molecule has 0 saturated heterocycles. The topological polar surface area (TPSA) is 97.6 Å². The Balaban J connectivity index is 1.50. The second-order valence-electron chi connectivity index (χ2n) is 12.0. The Labute approximate surface area is 275 Å². The van der Waals surface area contributed by atoms with Gasteiger partial charge >= 0.3 is 0 Å². The Bertz CT molecular complexity index is 1370. The van der Waals surface area contributed by atoms with Crippen LogP contribution < -0.4 is 4.74 Å². The van der Waals surface area contributed by atoms with Crippen LogP contribution in [0.4, 0.5) is 0 Å². The lowest BCUT2D eigenvalue weighted by Gasteiger charge is -2.17. The van der Waals surface area contributed by atoms with Crippen LogP contribution in [0.1, 0.15) is 90.0 Å². The van der Waals surface area contributed by atoms with Gasteiger partial charge in [0.15, 0.2) is 17.5 Å². The molecule has 0 bridgehead atoms. The van der Waals surface area contributed by atoms with Crippen molar-refractivity contribution in [1.82, 2.24) is 15.0 Å². The van der Waals surface area contributed by atoms with Crippen molar-refractivity contribution < 1.29 is 19.7 Å². The molecule has 0 fully saturated rings. The standard InChI is InChI=1S/C39H51N3O4/c1-3-5-7-9-10-11-19-25-45-28-33(43)29-46-36-27-35(44)34(26-32(36)24-14-8-6-4-2)39-41-37(30-20-15-12-16-21-30)40-38(42-39)31-22-17-13-18-23-31/h12-13,15-18,20-23,26-27,33,43-44H,3-11,14,19,24-25,28-29H2,1-2H3. The van der Waals surface area contributed by atoms with Crippen molar-refractivity contribution in [2.45, 2.75) is 97.0 Å². The van der Waals surface area contributed by atoms with Gasteiger partial charge in [0.1, 0.15) is 24.2 Å². The van der Waals surface area contributed by atoms with Crippen molar-refractivity contribution in [2.75, 3.05) is 19.8 Å². The van der Waals surface area contributed by atoms with Crippen LogP contribution in [0, 0.1) is 0 Å². The minimum atomic E-state index is -0.760. The van der Waals surface area contributed by atoms with E-state index in [1.807, 2.05) is 66.7 Å². The fourth-order valence-electron chi connectivity index (χ4n) is 5.41. The summed E-state index contributed by atoms with van der Waals surface area (Å²) < 4.78 is 11.8. The van der Waals surface area contributed by atoms with Crippen molar-refractivity contribution in [3.63, 3.8) is 0 Å². The zero-order valence-electron chi connectivity index (χ0n) is 27.7. The number of unbranched alkanes of at least 4 members (excludes halogenated alkanes) is 9. The van der Waals surface area contributed by atoms with Gasteiger partial charge in [-0.15, -0.1) is 0 Å². The second-order valence-corrected chi connectivity index (χ2v) is 12.0. The maximum absolute atomic E-state index is 11.3. The number of aryl methyl sites for hydroxylation is 1. The summed E-state index contributed by atoms with van der Waals surface area (Å²) in [5, 5.41) is 21.9. The van der Waals surface area contributed by atoms with E-state index >= 15 is 0 Å². The van der Waals surface area contributed by atoms with Crippen molar-refractivity contribution in [2.24, 2.45) is 0 Å². The average Bonchev–Trinajstić information content (AvgIpc) is 3.09. The van der Waals surface area contributed by atoms with E-state index in [0.29, 0.717) is 35.4 Å². The SMILES string of the molecule is CCCCCCCCCOCC(O)COc1cc(O)c(-c2nc(-c3ccccc3)nc(-c3ccccc3)n2)cc1CCCCCC. The van der Waals surface area contributed by atoms with Gasteiger partial charge in [0.2, 0.25) is 0 Å². The number of aliphatic hydroxyl groups excluding tert-OH is 1. The van der Waals surface area contributed by atoms with Gasteiger partial charge in [-0.25, -0.2) is 15.0 Å². The number of nitrogens with zero attached hydrogens (tertiary/aromatic N) is 3. The van der Waals surface area contributed by atoms with Gasteiger partial charge in [-0.3, -0.25) is 0 Å². The summed E-state index contributed by atoms with van der Waals surface area (Å²) >= 11 is 0. The number of aromatic hydroxyl groups is 1. The summed E-state index contributed by atoms with van der Waals surface area (Å²) in [6, 6.07) is 23.1. The van der Waals surface area contributed by atoms with E-state index in [1.165, 1.54) is 32.1 Å². The highest BCUT2D eigenvalue weighted by molar-refractivity contribution is 5.71. The van der Waals surface area contributed by atoms with Crippen molar-refractivity contribution in [1.29, 1.82) is 0 Å². The molecule has 4 aromatic rings. The molecule has 1 unspecified atom stereocenters. The maximum atomic E-state index is 11.3. The van der Waals surface area contributed by atoms with Gasteiger partial charge < -0.3 is 19.7 Å². The summed E-state index contributed by atoms with van der Waals surface area (Å²) in [4.78, 5) is 14.4. The Morgan fingerprint density at radius 3 is 1.78 bits per heavy atom. The van der Waals surface area contributed by atoms with Gasteiger partial charge in [-0.05, 0) is 30.9 Å². The third-order valence-electron chi connectivity index (χ3n) is 8.05. The number of ether oxygens (including phenoxy) is 2. The first-order chi connectivity index (χ1) is 22.6. The molecule has 7 nitrogen and oxygen atoms in total. The number of rotatable bonds is 21. The van der Waals surface area contributed by atoms with Crippen molar-refractivity contribution in [3.05, 3.63) is 78.4 Å². The molecule has 0 radical (unpaired) electrons. The maximum Gasteiger partial charge on any atom is 0.167 e. The van der Waals surface area contributed by atoms with Crippen LogP contribution in [0.3, 0.4) is 0 Å². The number of phenolic OH excluding ortho intramolecular Hbond substituents is 1. The molecule has 0 amide bonds. The molecule has 1 aromatic heterocycles. The summed E-state index contributed by atoms with van der Waals surface area (Å²) in [7, 11) is 0. The van der Waals surface area contributed by atoms with Crippen LogP contribution in [0.2, 0.25) is 0 Å². The fraction of sp³-hybridized carbons (Fsp3) is 0.462. The van der Waals surface area contributed by atoms with Gasteiger partial charge in [0, 0.05) is 23.8 Å². The Hall–Kier alpha value is -3.81. The van der Waals surface area contributed by atoms with E-state index in [1.54, 1.807) is 6.07 Å². The minimum Gasteiger partial charge on any atom is -0.507 e. The van der Waals surface area contributed by atoms with Crippen LogP contribution in [-0.2, 0) is 11.2 Å². The van der Waals surface area contributed by atoms with Crippen LogP contribution in [0.5, 0.6) is 11.5 Å². The third kappa shape index (κ3) is 11.2. The Morgan fingerprint density at radius 1 is 0.630 bits per heavy atom. The van der Waals surface area contributed by atoms with E-state index < -0.39 is 6.10 Å². The molecule has 1 atom stereocenters. The van der Waals surface area contributed by atoms with Crippen LogP contribution >= 0.6 is 0 Å². The van der Waals surface area contributed by atoms with Gasteiger partial charge in [0.25, 0.3) is 0 Å². The largest absolute Gasteiger partial charge is 0.507 e. The molecule has 46 heavy (non-hydrogen) atoms. The monoisotopic (exact) mass is 625 g/mol. The summed E-state index contributed by atoms with van der Waals surface area (Å²) in [5.41, 5.74) is 3.20. The van der Waals surface area contributed by atoms with Gasteiger partial charge in [-0.1, -0.05) is 132 Å². The van der Waals surface area contributed by atoms with E-state index in [-0.39, 0.29) is 19.0 Å². The Kier molecular flexibility index (Phi) is 15.0. The van der Waals surface area contributed by atoms with E-state index in [0.717, 1.165) is 61.6 Å². The van der Waals surface area contributed by atoms with E-state index in [4.69, 9.17) is 24.4 Å². The fourth-order valence-corrected chi connectivity index (χ4v) is 5.41. The number of benzene rings is 3. The van der Waals surface area contributed by atoms with Crippen molar-refractivity contribution in [3.8, 4) is 45.7 Å². The zero-order chi connectivity index (χ0) is 32.4. The highest BCUT2D eigenvalue weighted by Crippen LogP contribution is 2.36. The lowest BCUT2D eigenvalue weighted by Crippen LogP contribution is -2.24. The molecule has 4 rings (SSSR count). The molecule has 2 N–H and O–H groups in total. The number of hydrogen-bond acceptors (Lipinski definition) is 7. The average molecular weight is 626 g/mol. The summed E-state index contributed by atoms with van der Waals surface area (Å²) in [6.45, 7) is 5.38. The minimum absolute atomic E-state index is 0.0150. The lowest BCUT2D eigenvalue weighted by molar-refractivity contribution is 0.0107. The molecule has 0 aliphatic heterocycles. The highest BCUT2D eigenvalue weighted by atomic mass is 16.5. The second kappa shape index (κ2) is 19.6. The molecular formula is C39H51N3O4. The first-order valence-corrected chi connectivity index (χ1v) is 17.2. The van der Waals surface area contributed by atoms with Crippen LogP contribution in [-0.4, -0.2) is 51.1 Å². The smallest absolute Gasteiger partial charge is 0.167 e. The van der Waals surface area contributed by atoms with Gasteiger partial charge in [-0.2, -0.15) is 0 Å². The van der Waals surface area contributed by atoms with Crippen molar-refractivity contribution >= 4 is 0 Å². The lowest BCUT2D eigenvalue weighted by atomic mass is 10.0. The number of aromatic nitrogens is 3. The van der Waals surface area contributed by atoms with Gasteiger partial charge in [0.05, 0.1) is 12.2 Å². The van der Waals surface area contributed by atoms with E-state index in [9.17, 15) is 10.2 Å². The molecule has 7 heteroatoms. The van der Waals surface area contributed by atoms with E-state index in [2.05, 4.69) is 13.8 Å². The normalized spacial score (nSPS) is 11.9. The molecule has 0 aliphatic rings. The predicted octanol–water partition coefficient (Wildman–Crippen LogP) is 9.21. The molecule has 3 aromatic carbocycles. The molecule has 0 saturated carbocycles. The van der Waals surface area contributed by atoms with Crippen LogP contribution in [0.15, 0.2) is 72.8 Å². The summed E-state index contributed by atoms with van der Waals surface area (Å²) in [5.74, 6) is 2.04. The third-order valence-corrected chi connectivity index (χ3v) is 8.05. The zero-order valence-corrected chi connectivity index (χ0v) is 27.7. The summed E-state index contributed by atoms with van der Waals surface area (Å²) in [6.07, 6.45) is 13.0. The van der Waals surface area contributed by atoms with Crippen LogP contribution in [0.25, 0.3) is 34.2 Å².